The molecule has 2 rings (SSSR count). The van der Waals surface area contributed by atoms with Crippen LogP contribution in [0.4, 0.5) is 5.82 Å². The van der Waals surface area contributed by atoms with Crippen molar-refractivity contribution in [3.63, 3.8) is 0 Å². The standard InChI is InChI=1S/C17H29N3O/c1-4-21-17(8-6-16(2,3)7-9-17)14(18)11-13-5-10-20-15(19)12-13/h5,10,12,14H,4,6-9,11,18H2,1-3H3,(H2,19,20). The lowest BCUT2D eigenvalue weighted by Crippen LogP contribution is -2.54. The topological polar surface area (TPSA) is 74.2 Å². The Hall–Kier alpha value is -1.13. The second kappa shape index (κ2) is 6.32. The van der Waals surface area contributed by atoms with Gasteiger partial charge in [-0.2, -0.15) is 0 Å². The average molecular weight is 291 g/mol. The third kappa shape index (κ3) is 3.95. The fraction of sp³-hybridized carbons (Fsp3) is 0.706. The second-order valence-electron chi connectivity index (χ2n) is 7.06. The number of hydrogen-bond acceptors (Lipinski definition) is 4. The molecule has 1 aliphatic rings. The molecule has 1 aromatic heterocycles. The molecule has 1 atom stereocenters. The van der Waals surface area contributed by atoms with Crippen molar-refractivity contribution in [2.24, 2.45) is 11.1 Å². The van der Waals surface area contributed by atoms with E-state index in [1.165, 1.54) is 12.8 Å². The van der Waals surface area contributed by atoms with Gasteiger partial charge in [-0.15, -0.1) is 0 Å². The van der Waals surface area contributed by atoms with Gasteiger partial charge in [0.05, 0.1) is 5.60 Å². The molecule has 4 nitrogen and oxygen atoms in total. The van der Waals surface area contributed by atoms with Gasteiger partial charge in [-0.05, 0) is 62.1 Å². The lowest BCUT2D eigenvalue weighted by Gasteiger charge is -2.46. The fourth-order valence-corrected chi connectivity index (χ4v) is 3.32. The van der Waals surface area contributed by atoms with Crippen molar-refractivity contribution in [1.82, 2.24) is 4.98 Å². The van der Waals surface area contributed by atoms with Gasteiger partial charge in [0.1, 0.15) is 5.82 Å². The van der Waals surface area contributed by atoms with Crippen LogP contribution in [0.25, 0.3) is 0 Å². The van der Waals surface area contributed by atoms with Crippen LogP contribution in [-0.2, 0) is 11.2 Å². The molecule has 0 spiro atoms. The van der Waals surface area contributed by atoms with Gasteiger partial charge in [-0.1, -0.05) is 13.8 Å². The molecule has 0 radical (unpaired) electrons. The van der Waals surface area contributed by atoms with Crippen LogP contribution in [0, 0.1) is 5.41 Å². The lowest BCUT2D eigenvalue weighted by molar-refractivity contribution is -0.0987. The normalized spacial score (nSPS) is 21.9. The highest BCUT2D eigenvalue weighted by Gasteiger charge is 2.43. The summed E-state index contributed by atoms with van der Waals surface area (Å²) >= 11 is 0. The number of anilines is 1. The lowest BCUT2D eigenvalue weighted by atomic mass is 9.68. The van der Waals surface area contributed by atoms with Gasteiger partial charge in [-0.25, -0.2) is 4.98 Å². The van der Waals surface area contributed by atoms with E-state index in [9.17, 15) is 0 Å². The average Bonchev–Trinajstić information content (AvgIpc) is 2.41. The van der Waals surface area contributed by atoms with E-state index in [0.717, 1.165) is 24.8 Å². The van der Waals surface area contributed by atoms with Crippen LogP contribution in [0.5, 0.6) is 0 Å². The molecular weight excluding hydrogens is 262 g/mol. The van der Waals surface area contributed by atoms with Crippen molar-refractivity contribution < 1.29 is 4.74 Å². The van der Waals surface area contributed by atoms with Crippen LogP contribution in [0.1, 0.15) is 52.0 Å². The molecule has 1 heterocycles. The SMILES string of the molecule is CCOC1(C(N)Cc2ccnc(N)c2)CCC(C)(C)CC1. The highest BCUT2D eigenvalue weighted by Crippen LogP contribution is 2.43. The molecule has 1 unspecified atom stereocenters. The van der Waals surface area contributed by atoms with Gasteiger partial charge in [0.2, 0.25) is 0 Å². The van der Waals surface area contributed by atoms with Crippen molar-refractivity contribution in [2.45, 2.75) is 64.5 Å². The Morgan fingerprint density at radius 1 is 1.29 bits per heavy atom. The third-order valence-corrected chi connectivity index (χ3v) is 4.86. The number of hydrogen-bond donors (Lipinski definition) is 2. The minimum absolute atomic E-state index is 0.00431. The van der Waals surface area contributed by atoms with Gasteiger partial charge in [0.25, 0.3) is 0 Å². The van der Waals surface area contributed by atoms with Crippen molar-refractivity contribution in [3.8, 4) is 0 Å². The summed E-state index contributed by atoms with van der Waals surface area (Å²) in [6.45, 7) is 7.43. The van der Waals surface area contributed by atoms with Gasteiger partial charge < -0.3 is 16.2 Å². The zero-order valence-electron chi connectivity index (χ0n) is 13.6. The van der Waals surface area contributed by atoms with E-state index in [1.807, 2.05) is 12.1 Å². The van der Waals surface area contributed by atoms with Crippen LogP contribution < -0.4 is 11.5 Å². The second-order valence-corrected chi connectivity index (χ2v) is 7.06. The van der Waals surface area contributed by atoms with E-state index in [4.69, 9.17) is 16.2 Å². The molecule has 0 saturated heterocycles. The van der Waals surface area contributed by atoms with Crippen LogP contribution >= 0.6 is 0 Å². The smallest absolute Gasteiger partial charge is 0.123 e. The van der Waals surface area contributed by atoms with Gasteiger partial charge >= 0.3 is 0 Å². The number of nitrogens with zero attached hydrogens (tertiary/aromatic N) is 1. The van der Waals surface area contributed by atoms with E-state index in [2.05, 4.69) is 25.8 Å². The minimum Gasteiger partial charge on any atom is -0.384 e. The van der Waals surface area contributed by atoms with Crippen molar-refractivity contribution in [2.75, 3.05) is 12.3 Å². The molecule has 1 saturated carbocycles. The Balaban J connectivity index is 2.11. The summed E-state index contributed by atoms with van der Waals surface area (Å²) < 4.78 is 6.16. The Bertz CT molecular complexity index is 463. The first-order valence-corrected chi connectivity index (χ1v) is 7.97. The summed E-state index contributed by atoms with van der Waals surface area (Å²) in [4.78, 5) is 4.04. The van der Waals surface area contributed by atoms with E-state index in [1.54, 1.807) is 6.20 Å². The predicted octanol–water partition coefficient (Wildman–Crippen LogP) is 2.91. The molecular formula is C17H29N3O. The van der Waals surface area contributed by atoms with Crippen LogP contribution in [0.2, 0.25) is 0 Å². The Morgan fingerprint density at radius 3 is 2.52 bits per heavy atom. The van der Waals surface area contributed by atoms with E-state index in [-0.39, 0.29) is 11.6 Å². The summed E-state index contributed by atoms with van der Waals surface area (Å²) in [5.74, 6) is 0.551. The van der Waals surface area contributed by atoms with E-state index < -0.39 is 0 Å². The summed E-state index contributed by atoms with van der Waals surface area (Å²) in [6, 6.07) is 3.89. The quantitative estimate of drug-likeness (QED) is 0.874. The highest BCUT2D eigenvalue weighted by atomic mass is 16.5. The van der Waals surface area contributed by atoms with E-state index >= 15 is 0 Å². The maximum absolute atomic E-state index is 6.55. The van der Waals surface area contributed by atoms with Crippen LogP contribution in [0.3, 0.4) is 0 Å². The number of aromatic nitrogens is 1. The molecule has 21 heavy (non-hydrogen) atoms. The summed E-state index contributed by atoms with van der Waals surface area (Å²) in [5, 5.41) is 0. The zero-order chi connectivity index (χ0) is 15.5. The number of pyridine rings is 1. The fourth-order valence-electron chi connectivity index (χ4n) is 3.32. The number of ether oxygens (including phenoxy) is 1. The molecule has 4 N–H and O–H groups in total. The number of nitrogen functional groups attached to an aromatic ring is 1. The van der Waals surface area contributed by atoms with Crippen molar-refractivity contribution >= 4 is 5.82 Å². The molecule has 1 fully saturated rings. The summed E-state index contributed by atoms with van der Waals surface area (Å²) in [6.07, 6.45) is 6.94. The maximum Gasteiger partial charge on any atom is 0.123 e. The summed E-state index contributed by atoms with van der Waals surface area (Å²) in [5.41, 5.74) is 13.7. The minimum atomic E-state index is -0.192. The molecule has 4 heteroatoms. The molecule has 0 bridgehead atoms. The maximum atomic E-state index is 6.55. The van der Waals surface area contributed by atoms with Crippen LogP contribution in [0.15, 0.2) is 18.3 Å². The number of nitrogens with two attached hydrogens (primary N) is 2. The third-order valence-electron chi connectivity index (χ3n) is 4.86. The Labute approximate surface area is 128 Å². The van der Waals surface area contributed by atoms with Crippen LogP contribution in [-0.4, -0.2) is 23.2 Å². The Morgan fingerprint density at radius 2 is 1.95 bits per heavy atom. The first kappa shape index (κ1) is 16.2. The molecule has 1 aliphatic carbocycles. The predicted molar refractivity (Wildman–Crippen MR) is 86.9 cm³/mol. The van der Waals surface area contributed by atoms with Gasteiger partial charge in [-0.3, -0.25) is 0 Å². The monoisotopic (exact) mass is 291 g/mol. The molecule has 0 aliphatic heterocycles. The molecule has 1 aromatic rings. The largest absolute Gasteiger partial charge is 0.384 e. The first-order valence-electron chi connectivity index (χ1n) is 7.97. The zero-order valence-corrected chi connectivity index (χ0v) is 13.6. The first-order chi connectivity index (χ1) is 9.87. The molecule has 118 valence electrons. The van der Waals surface area contributed by atoms with Gasteiger partial charge in [0.15, 0.2) is 0 Å². The molecule has 0 amide bonds. The molecule has 0 aromatic carbocycles. The van der Waals surface area contributed by atoms with Crippen molar-refractivity contribution in [1.29, 1.82) is 0 Å². The number of rotatable bonds is 5. The van der Waals surface area contributed by atoms with Crippen molar-refractivity contribution in [3.05, 3.63) is 23.9 Å². The Kier molecular flexibility index (Phi) is 4.89. The van der Waals surface area contributed by atoms with E-state index in [0.29, 0.717) is 17.8 Å². The van der Waals surface area contributed by atoms with Gasteiger partial charge in [0, 0.05) is 18.8 Å². The highest BCUT2D eigenvalue weighted by molar-refractivity contribution is 5.32. The summed E-state index contributed by atoms with van der Waals surface area (Å²) in [7, 11) is 0.